The molecular formula is C12H15ClN2O3S. The van der Waals surface area contributed by atoms with Gasteiger partial charge in [-0.2, -0.15) is 0 Å². The average Bonchev–Trinajstić information content (AvgIpc) is 2.64. The van der Waals surface area contributed by atoms with Gasteiger partial charge in [0.1, 0.15) is 4.88 Å². The summed E-state index contributed by atoms with van der Waals surface area (Å²) in [6.07, 6.45) is 0.780. The molecule has 1 N–H and O–H groups in total. The molecule has 104 valence electrons. The number of carbonyl (C=O) groups is 2. The van der Waals surface area contributed by atoms with E-state index in [-0.39, 0.29) is 12.5 Å². The normalized spacial score (nSPS) is 17.2. The highest BCUT2D eigenvalue weighted by atomic mass is 35.5. The molecule has 1 fully saturated rings. The van der Waals surface area contributed by atoms with Gasteiger partial charge in [0.2, 0.25) is 0 Å². The van der Waals surface area contributed by atoms with E-state index in [4.69, 9.17) is 16.7 Å². The summed E-state index contributed by atoms with van der Waals surface area (Å²) in [7, 11) is 0. The number of aliphatic carboxylic acids is 1. The van der Waals surface area contributed by atoms with Crippen LogP contribution in [-0.2, 0) is 4.79 Å². The number of hydrogen-bond donors (Lipinski definition) is 1. The number of amides is 1. The summed E-state index contributed by atoms with van der Waals surface area (Å²) in [6, 6.07) is 1.72. The molecule has 7 heteroatoms. The lowest BCUT2D eigenvalue weighted by Gasteiger charge is -2.20. The molecule has 1 aliphatic rings. The summed E-state index contributed by atoms with van der Waals surface area (Å²) in [6.45, 7) is 2.50. The van der Waals surface area contributed by atoms with Crippen molar-refractivity contribution in [3.63, 3.8) is 0 Å². The van der Waals surface area contributed by atoms with Gasteiger partial charge in [-0.3, -0.25) is 14.5 Å². The Labute approximate surface area is 120 Å². The van der Waals surface area contributed by atoms with Gasteiger partial charge in [-0.05, 0) is 17.9 Å². The van der Waals surface area contributed by atoms with Crippen molar-refractivity contribution in [1.29, 1.82) is 0 Å². The van der Waals surface area contributed by atoms with E-state index in [0.29, 0.717) is 36.1 Å². The Balaban J connectivity index is 1.97. The van der Waals surface area contributed by atoms with Crippen LogP contribution in [0.5, 0.6) is 0 Å². The second-order valence-corrected chi connectivity index (χ2v) is 5.74. The summed E-state index contributed by atoms with van der Waals surface area (Å²) in [5, 5.41) is 11.1. The molecule has 1 amide bonds. The van der Waals surface area contributed by atoms with E-state index >= 15 is 0 Å². The number of nitrogens with zero attached hydrogens (tertiary/aromatic N) is 2. The Morgan fingerprint density at radius 2 is 2.11 bits per heavy atom. The van der Waals surface area contributed by atoms with E-state index < -0.39 is 5.97 Å². The van der Waals surface area contributed by atoms with E-state index in [1.165, 1.54) is 11.3 Å². The van der Waals surface area contributed by atoms with Gasteiger partial charge in [-0.15, -0.1) is 11.3 Å². The van der Waals surface area contributed by atoms with Gasteiger partial charge in [0.25, 0.3) is 5.91 Å². The molecule has 0 radical (unpaired) electrons. The maximum Gasteiger partial charge on any atom is 0.317 e. The second-order valence-electron chi connectivity index (χ2n) is 4.41. The molecule has 0 unspecified atom stereocenters. The van der Waals surface area contributed by atoms with Gasteiger partial charge in [0, 0.05) is 26.2 Å². The van der Waals surface area contributed by atoms with Crippen LogP contribution in [0.4, 0.5) is 0 Å². The van der Waals surface area contributed by atoms with Crippen molar-refractivity contribution >= 4 is 34.8 Å². The SMILES string of the molecule is O=C(O)CN1CCCN(C(=O)c2sccc2Cl)CC1. The fourth-order valence-corrected chi connectivity index (χ4v) is 3.22. The van der Waals surface area contributed by atoms with Crippen molar-refractivity contribution in [3.05, 3.63) is 21.3 Å². The van der Waals surface area contributed by atoms with Crippen LogP contribution in [0.1, 0.15) is 16.1 Å². The van der Waals surface area contributed by atoms with Crippen molar-refractivity contribution in [3.8, 4) is 0 Å². The van der Waals surface area contributed by atoms with Crippen molar-refractivity contribution < 1.29 is 14.7 Å². The van der Waals surface area contributed by atoms with E-state index in [2.05, 4.69) is 0 Å². The van der Waals surface area contributed by atoms with E-state index in [1.54, 1.807) is 16.3 Å². The summed E-state index contributed by atoms with van der Waals surface area (Å²) >= 11 is 7.31. The molecule has 0 saturated carbocycles. The lowest BCUT2D eigenvalue weighted by Crippen LogP contribution is -2.36. The zero-order valence-electron chi connectivity index (χ0n) is 10.3. The van der Waals surface area contributed by atoms with Crippen molar-refractivity contribution in [2.45, 2.75) is 6.42 Å². The van der Waals surface area contributed by atoms with Gasteiger partial charge in [0.05, 0.1) is 11.6 Å². The van der Waals surface area contributed by atoms with Crippen LogP contribution in [0, 0.1) is 0 Å². The molecule has 2 heterocycles. The number of carboxylic acids is 1. The molecular weight excluding hydrogens is 288 g/mol. The lowest BCUT2D eigenvalue weighted by molar-refractivity contribution is -0.138. The van der Waals surface area contributed by atoms with E-state index in [9.17, 15) is 9.59 Å². The quantitative estimate of drug-likeness (QED) is 0.922. The molecule has 0 atom stereocenters. The van der Waals surface area contributed by atoms with Crippen molar-refractivity contribution in [1.82, 2.24) is 9.80 Å². The number of thiophene rings is 1. The third kappa shape index (κ3) is 3.68. The number of carbonyl (C=O) groups excluding carboxylic acids is 1. The molecule has 5 nitrogen and oxygen atoms in total. The Hall–Kier alpha value is -1.11. The first-order chi connectivity index (χ1) is 9.08. The Kier molecular flexibility index (Phi) is 4.79. The number of hydrogen-bond acceptors (Lipinski definition) is 4. The van der Waals surface area contributed by atoms with Crippen LogP contribution >= 0.6 is 22.9 Å². The molecule has 0 aliphatic carbocycles. The van der Waals surface area contributed by atoms with Gasteiger partial charge in [-0.25, -0.2) is 0 Å². The molecule has 1 aliphatic heterocycles. The number of carboxylic acid groups (broad SMARTS) is 1. The lowest BCUT2D eigenvalue weighted by atomic mass is 10.3. The van der Waals surface area contributed by atoms with Gasteiger partial charge in [0.15, 0.2) is 0 Å². The van der Waals surface area contributed by atoms with Crippen LogP contribution in [0.3, 0.4) is 0 Å². The third-order valence-electron chi connectivity index (χ3n) is 3.05. The Morgan fingerprint density at radius 1 is 1.32 bits per heavy atom. The van der Waals surface area contributed by atoms with Crippen LogP contribution in [0.15, 0.2) is 11.4 Å². The largest absolute Gasteiger partial charge is 0.480 e. The highest BCUT2D eigenvalue weighted by molar-refractivity contribution is 7.12. The third-order valence-corrected chi connectivity index (χ3v) is 4.38. The summed E-state index contributed by atoms with van der Waals surface area (Å²) in [4.78, 5) is 27.1. The minimum atomic E-state index is -0.832. The van der Waals surface area contributed by atoms with Crippen molar-refractivity contribution in [2.24, 2.45) is 0 Å². The summed E-state index contributed by atoms with van der Waals surface area (Å²) in [5.74, 6) is -0.891. The molecule has 1 aromatic heterocycles. The second kappa shape index (κ2) is 6.36. The number of halogens is 1. The first-order valence-corrected chi connectivity index (χ1v) is 7.30. The average molecular weight is 303 g/mol. The van der Waals surface area contributed by atoms with Gasteiger partial charge >= 0.3 is 5.97 Å². The fourth-order valence-electron chi connectivity index (χ4n) is 2.11. The molecule has 0 aromatic carbocycles. The van der Waals surface area contributed by atoms with Gasteiger partial charge < -0.3 is 10.0 Å². The predicted molar refractivity (Wildman–Crippen MR) is 73.9 cm³/mol. The Bertz CT molecular complexity index is 477. The number of rotatable bonds is 3. The molecule has 0 spiro atoms. The minimum absolute atomic E-state index is 0.0296. The first kappa shape index (κ1) is 14.3. The zero-order chi connectivity index (χ0) is 13.8. The van der Waals surface area contributed by atoms with E-state index in [0.717, 1.165) is 6.42 Å². The monoisotopic (exact) mass is 302 g/mol. The smallest absolute Gasteiger partial charge is 0.317 e. The fraction of sp³-hybridized carbons (Fsp3) is 0.500. The van der Waals surface area contributed by atoms with Crippen molar-refractivity contribution in [2.75, 3.05) is 32.7 Å². The highest BCUT2D eigenvalue weighted by Crippen LogP contribution is 2.24. The molecule has 1 aromatic rings. The van der Waals surface area contributed by atoms with Crippen LogP contribution in [0.2, 0.25) is 5.02 Å². The summed E-state index contributed by atoms with van der Waals surface area (Å²) < 4.78 is 0. The van der Waals surface area contributed by atoms with Crippen LogP contribution in [-0.4, -0.2) is 59.5 Å². The Morgan fingerprint density at radius 3 is 2.74 bits per heavy atom. The molecule has 2 rings (SSSR count). The topological polar surface area (TPSA) is 60.9 Å². The minimum Gasteiger partial charge on any atom is -0.480 e. The first-order valence-electron chi connectivity index (χ1n) is 6.04. The maximum absolute atomic E-state index is 12.3. The maximum atomic E-state index is 12.3. The molecule has 1 saturated heterocycles. The predicted octanol–water partition coefficient (Wildman–Crippen LogP) is 1.63. The van der Waals surface area contributed by atoms with Gasteiger partial charge in [-0.1, -0.05) is 11.6 Å². The standard InChI is InChI=1S/C12H15ClN2O3S/c13-9-2-7-19-11(9)12(18)15-4-1-3-14(5-6-15)8-10(16)17/h2,7H,1,3-6,8H2,(H,16,17). The zero-order valence-corrected chi connectivity index (χ0v) is 11.9. The molecule has 0 bridgehead atoms. The van der Waals surface area contributed by atoms with Crippen LogP contribution in [0.25, 0.3) is 0 Å². The van der Waals surface area contributed by atoms with E-state index in [1.807, 2.05) is 4.90 Å². The molecule has 19 heavy (non-hydrogen) atoms. The van der Waals surface area contributed by atoms with Crippen LogP contribution < -0.4 is 0 Å². The highest BCUT2D eigenvalue weighted by Gasteiger charge is 2.23. The summed E-state index contributed by atoms with van der Waals surface area (Å²) in [5.41, 5.74) is 0.